The van der Waals surface area contributed by atoms with E-state index in [0.29, 0.717) is 6.08 Å². The van der Waals surface area contributed by atoms with E-state index in [2.05, 4.69) is 4.98 Å². The Hall–Kier alpha value is -1.40. The molecule has 15 heavy (non-hydrogen) atoms. The standard InChI is InChI=1S/C8H6BF5N/c10-8(11)7-6(2-1-5-15-7)3-4-9(12,13)14/h1-5,8H/q-1/b4-3+. The maximum absolute atomic E-state index is 12.3. The second-order valence-electron chi connectivity index (χ2n) is 2.76. The number of rotatable bonds is 3. The second-order valence-corrected chi connectivity index (χ2v) is 2.76. The van der Waals surface area contributed by atoms with E-state index in [1.165, 1.54) is 6.07 Å². The summed E-state index contributed by atoms with van der Waals surface area (Å²) in [4.78, 5) is 3.32. The Bertz CT molecular complexity index is 360. The summed E-state index contributed by atoms with van der Waals surface area (Å²) >= 11 is 0. The maximum atomic E-state index is 12.3. The molecule has 1 nitrogen and oxygen atoms in total. The Labute approximate surface area is 82.7 Å². The molecule has 7 heteroatoms. The van der Waals surface area contributed by atoms with Crippen LogP contribution in [0, 0.1) is 0 Å². The van der Waals surface area contributed by atoms with E-state index < -0.39 is 19.1 Å². The van der Waals surface area contributed by atoms with Gasteiger partial charge >= 0.3 is 6.98 Å². The molecule has 0 saturated carbocycles. The highest BCUT2D eigenvalue weighted by Gasteiger charge is 2.18. The number of nitrogens with zero attached hydrogens (tertiary/aromatic N) is 1. The molecule has 0 amide bonds. The summed E-state index contributed by atoms with van der Waals surface area (Å²) < 4.78 is 60.1. The van der Waals surface area contributed by atoms with Gasteiger partial charge in [-0.25, -0.2) is 8.78 Å². The SMILES string of the molecule is FC(F)c1ncccc1/C=C/[B-](F)(F)F. The van der Waals surface area contributed by atoms with Crippen molar-refractivity contribution in [3.63, 3.8) is 0 Å². The highest BCUT2D eigenvalue weighted by molar-refractivity contribution is 6.64. The Morgan fingerprint density at radius 2 is 1.93 bits per heavy atom. The topological polar surface area (TPSA) is 12.9 Å². The average Bonchev–Trinajstić information content (AvgIpc) is 2.14. The Morgan fingerprint density at radius 1 is 1.27 bits per heavy atom. The van der Waals surface area contributed by atoms with E-state index in [1.807, 2.05) is 0 Å². The van der Waals surface area contributed by atoms with Crippen LogP contribution in [-0.4, -0.2) is 12.0 Å². The zero-order chi connectivity index (χ0) is 11.5. The van der Waals surface area contributed by atoms with Crippen LogP contribution in [0.2, 0.25) is 0 Å². The van der Waals surface area contributed by atoms with Crippen LogP contribution < -0.4 is 0 Å². The number of halogens is 5. The number of pyridine rings is 1. The summed E-state index contributed by atoms with van der Waals surface area (Å²) in [7, 11) is 0. The second kappa shape index (κ2) is 4.42. The quantitative estimate of drug-likeness (QED) is 0.563. The lowest BCUT2D eigenvalue weighted by atomic mass is 9.90. The largest absolute Gasteiger partial charge is 0.502 e. The van der Waals surface area contributed by atoms with Crippen molar-refractivity contribution >= 4 is 13.1 Å². The van der Waals surface area contributed by atoms with Gasteiger partial charge in [0.1, 0.15) is 5.69 Å². The van der Waals surface area contributed by atoms with Crippen LogP contribution in [0.3, 0.4) is 0 Å². The van der Waals surface area contributed by atoms with E-state index in [1.54, 1.807) is 0 Å². The third-order valence-electron chi connectivity index (χ3n) is 1.57. The Kier molecular flexibility index (Phi) is 3.44. The van der Waals surface area contributed by atoms with Gasteiger partial charge in [-0.1, -0.05) is 12.1 Å². The minimum Gasteiger partial charge on any atom is -0.445 e. The first-order valence-corrected chi connectivity index (χ1v) is 4.02. The maximum Gasteiger partial charge on any atom is 0.502 e. The summed E-state index contributed by atoms with van der Waals surface area (Å²) in [6.07, 6.45) is -1.17. The van der Waals surface area contributed by atoms with Gasteiger partial charge < -0.3 is 12.9 Å². The molecule has 0 radical (unpaired) electrons. The molecule has 0 bridgehead atoms. The highest BCUT2D eigenvalue weighted by Crippen LogP contribution is 2.22. The van der Waals surface area contributed by atoms with Crippen LogP contribution in [-0.2, 0) is 0 Å². The smallest absolute Gasteiger partial charge is 0.445 e. The van der Waals surface area contributed by atoms with Gasteiger partial charge in [0, 0.05) is 6.20 Å². The summed E-state index contributed by atoms with van der Waals surface area (Å²) in [6, 6.07) is 2.46. The van der Waals surface area contributed by atoms with Crippen LogP contribution in [0.1, 0.15) is 17.7 Å². The lowest BCUT2D eigenvalue weighted by Gasteiger charge is -2.08. The van der Waals surface area contributed by atoms with Crippen molar-refractivity contribution in [3.05, 3.63) is 35.6 Å². The molecule has 0 N–H and O–H groups in total. The van der Waals surface area contributed by atoms with Gasteiger partial charge in [0.05, 0.1) is 0 Å². The first kappa shape index (κ1) is 11.7. The molecule has 0 aliphatic rings. The monoisotopic (exact) mass is 222 g/mol. The van der Waals surface area contributed by atoms with Crippen LogP contribution in [0.15, 0.2) is 24.3 Å². The molecule has 1 heterocycles. The van der Waals surface area contributed by atoms with E-state index >= 15 is 0 Å². The van der Waals surface area contributed by atoms with Crippen LogP contribution in [0.5, 0.6) is 0 Å². The van der Waals surface area contributed by atoms with E-state index in [9.17, 15) is 21.7 Å². The number of alkyl halides is 2. The summed E-state index contributed by atoms with van der Waals surface area (Å²) in [5.41, 5.74) is -0.861. The number of aromatic nitrogens is 1. The van der Waals surface area contributed by atoms with Crippen molar-refractivity contribution in [3.8, 4) is 0 Å². The molecular formula is C8H6BF5N-. The van der Waals surface area contributed by atoms with Crippen molar-refractivity contribution in [1.82, 2.24) is 4.98 Å². The average molecular weight is 222 g/mol. The molecular weight excluding hydrogens is 216 g/mol. The van der Waals surface area contributed by atoms with Gasteiger partial charge in [-0.2, -0.15) is 0 Å². The molecule has 1 aromatic rings. The van der Waals surface area contributed by atoms with Crippen molar-refractivity contribution in [2.45, 2.75) is 6.43 Å². The number of hydrogen-bond acceptors (Lipinski definition) is 1. The lowest BCUT2D eigenvalue weighted by Crippen LogP contribution is -2.09. The van der Waals surface area contributed by atoms with Gasteiger partial charge in [0.15, 0.2) is 0 Å². The molecule has 0 fully saturated rings. The molecule has 1 aromatic heterocycles. The molecule has 0 saturated heterocycles. The molecule has 0 atom stereocenters. The van der Waals surface area contributed by atoms with Crippen LogP contribution in [0.25, 0.3) is 6.08 Å². The van der Waals surface area contributed by atoms with Crippen LogP contribution in [0.4, 0.5) is 21.7 Å². The fourth-order valence-electron chi connectivity index (χ4n) is 0.966. The predicted octanol–water partition coefficient (Wildman–Crippen LogP) is 3.42. The highest BCUT2D eigenvalue weighted by atomic mass is 19.4. The molecule has 0 aromatic carbocycles. The fraction of sp³-hybridized carbons (Fsp3) is 0.125. The Balaban J connectivity index is 2.99. The summed E-state index contributed by atoms with van der Waals surface area (Å²) in [5, 5.41) is 0. The van der Waals surface area contributed by atoms with E-state index in [4.69, 9.17) is 0 Å². The number of hydrogen-bond donors (Lipinski definition) is 0. The summed E-state index contributed by atoms with van der Waals surface area (Å²) in [6.45, 7) is -5.12. The molecule has 0 aliphatic heterocycles. The van der Waals surface area contributed by atoms with Gasteiger partial charge in [0.2, 0.25) is 0 Å². The normalized spacial score (nSPS) is 12.7. The zero-order valence-electron chi connectivity index (χ0n) is 7.38. The van der Waals surface area contributed by atoms with E-state index in [0.717, 1.165) is 12.3 Å². The molecule has 0 unspecified atom stereocenters. The minimum absolute atomic E-state index is 0.0388. The predicted molar refractivity (Wildman–Crippen MR) is 47.3 cm³/mol. The van der Waals surface area contributed by atoms with Crippen molar-refractivity contribution < 1.29 is 21.7 Å². The van der Waals surface area contributed by atoms with Crippen LogP contribution >= 0.6 is 0 Å². The third kappa shape index (κ3) is 3.69. The first-order valence-electron chi connectivity index (χ1n) is 4.02. The van der Waals surface area contributed by atoms with Gasteiger partial charge in [-0.3, -0.25) is 4.98 Å². The molecule has 1 rings (SSSR count). The Morgan fingerprint density at radius 3 is 2.47 bits per heavy atom. The fourth-order valence-corrected chi connectivity index (χ4v) is 0.966. The lowest BCUT2D eigenvalue weighted by molar-refractivity contribution is 0.146. The summed E-state index contributed by atoms with van der Waals surface area (Å²) in [5.74, 6) is -0.0388. The molecule has 0 spiro atoms. The first-order chi connectivity index (χ1) is 6.90. The van der Waals surface area contributed by atoms with Gasteiger partial charge in [0.25, 0.3) is 6.43 Å². The van der Waals surface area contributed by atoms with Gasteiger partial charge in [-0.15, -0.1) is 5.98 Å². The van der Waals surface area contributed by atoms with Crippen molar-refractivity contribution in [2.24, 2.45) is 0 Å². The van der Waals surface area contributed by atoms with Crippen molar-refractivity contribution in [1.29, 1.82) is 0 Å². The minimum atomic E-state index is -5.12. The van der Waals surface area contributed by atoms with Crippen molar-refractivity contribution in [2.75, 3.05) is 0 Å². The molecule has 82 valence electrons. The third-order valence-corrected chi connectivity index (χ3v) is 1.57. The zero-order valence-corrected chi connectivity index (χ0v) is 7.38. The molecule has 0 aliphatic carbocycles. The van der Waals surface area contributed by atoms with E-state index in [-0.39, 0.29) is 11.5 Å². The van der Waals surface area contributed by atoms with Gasteiger partial charge in [-0.05, 0) is 11.6 Å².